The quantitative estimate of drug-likeness (QED) is 0.774. The van der Waals surface area contributed by atoms with E-state index < -0.39 is 11.5 Å². The minimum atomic E-state index is -0.762. The van der Waals surface area contributed by atoms with Gasteiger partial charge in [-0.05, 0) is 51.9 Å². The normalized spacial score (nSPS) is 31.9. The van der Waals surface area contributed by atoms with Crippen LogP contribution < -0.4 is 5.32 Å². The average Bonchev–Trinajstić information content (AvgIpc) is 3.14. The van der Waals surface area contributed by atoms with Gasteiger partial charge in [-0.1, -0.05) is 6.92 Å². The molecule has 0 aromatic carbocycles. The molecular weight excluding hydrogens is 240 g/mol. The molecule has 2 N–H and O–H groups in total. The Morgan fingerprint density at radius 3 is 2.58 bits per heavy atom. The summed E-state index contributed by atoms with van der Waals surface area (Å²) >= 11 is 0. The topological polar surface area (TPSA) is 52.6 Å². The van der Waals surface area contributed by atoms with Crippen molar-refractivity contribution in [1.82, 2.24) is 10.2 Å². The van der Waals surface area contributed by atoms with Gasteiger partial charge in [-0.3, -0.25) is 10.1 Å². The first-order chi connectivity index (χ1) is 8.90. The molecule has 2 aliphatic rings. The Balaban J connectivity index is 1.88. The van der Waals surface area contributed by atoms with Gasteiger partial charge in [0.25, 0.3) is 0 Å². The van der Waals surface area contributed by atoms with E-state index >= 15 is 0 Å². The molecule has 19 heavy (non-hydrogen) atoms. The molecule has 0 spiro atoms. The third kappa shape index (κ3) is 3.93. The third-order valence-electron chi connectivity index (χ3n) is 4.72. The summed E-state index contributed by atoms with van der Waals surface area (Å²) in [6, 6.07) is 1.02. The summed E-state index contributed by atoms with van der Waals surface area (Å²) in [6.07, 6.45) is 5.48. The second-order valence-corrected chi connectivity index (χ2v) is 6.83. The van der Waals surface area contributed by atoms with Gasteiger partial charge in [0.15, 0.2) is 0 Å². The number of nitrogens with one attached hydrogen (secondary N) is 1. The lowest BCUT2D eigenvalue weighted by Crippen LogP contribution is -2.53. The number of piperidine rings is 1. The van der Waals surface area contributed by atoms with Gasteiger partial charge >= 0.3 is 5.97 Å². The highest BCUT2D eigenvalue weighted by molar-refractivity contribution is 5.78. The fourth-order valence-corrected chi connectivity index (χ4v) is 2.98. The zero-order valence-corrected chi connectivity index (χ0v) is 12.5. The summed E-state index contributed by atoms with van der Waals surface area (Å²) in [7, 11) is 0. The lowest BCUT2D eigenvalue weighted by atomic mass is 9.92. The van der Waals surface area contributed by atoms with E-state index in [1.807, 2.05) is 6.92 Å². The van der Waals surface area contributed by atoms with E-state index in [1.54, 1.807) is 0 Å². The van der Waals surface area contributed by atoms with Crippen LogP contribution in [0.1, 0.15) is 52.9 Å². The minimum absolute atomic E-state index is 0.429. The highest BCUT2D eigenvalue weighted by atomic mass is 16.4. The summed E-state index contributed by atoms with van der Waals surface area (Å²) in [5.74, 6) is 0.0285. The molecule has 3 unspecified atom stereocenters. The van der Waals surface area contributed by atoms with E-state index in [0.717, 1.165) is 31.8 Å². The SMILES string of the molecule is CC1CCC(C)N(CCC(C)(NC2CC2)C(=O)O)C1. The van der Waals surface area contributed by atoms with Gasteiger partial charge in [0.2, 0.25) is 0 Å². The zero-order valence-electron chi connectivity index (χ0n) is 12.5. The lowest BCUT2D eigenvalue weighted by molar-refractivity contribution is -0.144. The summed E-state index contributed by atoms with van der Waals surface area (Å²) in [4.78, 5) is 14.0. The van der Waals surface area contributed by atoms with Crippen molar-refractivity contribution in [3.63, 3.8) is 0 Å². The highest BCUT2D eigenvalue weighted by Crippen LogP contribution is 2.26. The van der Waals surface area contributed by atoms with Crippen LogP contribution in [0.5, 0.6) is 0 Å². The number of carboxylic acids is 1. The summed E-state index contributed by atoms with van der Waals surface area (Å²) in [5.41, 5.74) is -0.762. The van der Waals surface area contributed by atoms with E-state index in [9.17, 15) is 9.90 Å². The Labute approximate surface area is 116 Å². The Kier molecular flexibility index (Phi) is 4.51. The second-order valence-electron chi connectivity index (χ2n) is 6.83. The van der Waals surface area contributed by atoms with E-state index in [2.05, 4.69) is 24.1 Å². The number of rotatable bonds is 6. The van der Waals surface area contributed by atoms with Crippen LogP contribution in [0.3, 0.4) is 0 Å². The van der Waals surface area contributed by atoms with Crippen LogP contribution in [-0.4, -0.2) is 46.7 Å². The Hall–Kier alpha value is -0.610. The second kappa shape index (κ2) is 5.80. The largest absolute Gasteiger partial charge is 0.480 e. The Morgan fingerprint density at radius 1 is 1.32 bits per heavy atom. The molecule has 2 fully saturated rings. The summed E-state index contributed by atoms with van der Waals surface area (Å²) in [5, 5.41) is 12.8. The predicted octanol–water partition coefficient (Wildman–Crippen LogP) is 2.09. The molecule has 4 nitrogen and oxygen atoms in total. The number of hydrogen-bond donors (Lipinski definition) is 2. The van der Waals surface area contributed by atoms with Gasteiger partial charge in [0, 0.05) is 25.2 Å². The fraction of sp³-hybridized carbons (Fsp3) is 0.933. The summed E-state index contributed by atoms with van der Waals surface area (Å²) < 4.78 is 0. The van der Waals surface area contributed by atoms with Crippen LogP contribution in [0.15, 0.2) is 0 Å². The number of carbonyl (C=O) groups is 1. The van der Waals surface area contributed by atoms with Crippen LogP contribution in [0.2, 0.25) is 0 Å². The van der Waals surface area contributed by atoms with Crippen molar-refractivity contribution >= 4 is 5.97 Å². The predicted molar refractivity (Wildman–Crippen MR) is 76.2 cm³/mol. The lowest BCUT2D eigenvalue weighted by Gasteiger charge is -2.38. The van der Waals surface area contributed by atoms with Crippen LogP contribution in [0.4, 0.5) is 0 Å². The average molecular weight is 268 g/mol. The molecule has 0 radical (unpaired) electrons. The van der Waals surface area contributed by atoms with E-state index in [-0.39, 0.29) is 0 Å². The van der Waals surface area contributed by atoms with E-state index in [0.29, 0.717) is 18.5 Å². The molecule has 3 atom stereocenters. The van der Waals surface area contributed by atoms with Gasteiger partial charge in [-0.15, -0.1) is 0 Å². The van der Waals surface area contributed by atoms with Crippen molar-refractivity contribution in [2.24, 2.45) is 5.92 Å². The van der Waals surface area contributed by atoms with Gasteiger partial charge in [0.1, 0.15) is 5.54 Å². The smallest absolute Gasteiger partial charge is 0.323 e. The molecule has 0 bridgehead atoms. The number of hydrogen-bond acceptors (Lipinski definition) is 3. The third-order valence-corrected chi connectivity index (χ3v) is 4.72. The van der Waals surface area contributed by atoms with Gasteiger partial charge in [-0.2, -0.15) is 0 Å². The van der Waals surface area contributed by atoms with Crippen LogP contribution in [0.25, 0.3) is 0 Å². The van der Waals surface area contributed by atoms with Gasteiger partial charge < -0.3 is 10.0 Å². The van der Waals surface area contributed by atoms with Crippen molar-refractivity contribution in [3.05, 3.63) is 0 Å². The first kappa shape index (κ1) is 14.8. The van der Waals surface area contributed by atoms with Crippen molar-refractivity contribution in [3.8, 4) is 0 Å². The van der Waals surface area contributed by atoms with Crippen molar-refractivity contribution in [1.29, 1.82) is 0 Å². The van der Waals surface area contributed by atoms with E-state index in [1.165, 1.54) is 12.8 Å². The number of likely N-dealkylation sites (tertiary alicyclic amines) is 1. The molecule has 0 aromatic heterocycles. The van der Waals surface area contributed by atoms with Crippen LogP contribution in [0, 0.1) is 5.92 Å². The van der Waals surface area contributed by atoms with Crippen molar-refractivity contribution in [2.75, 3.05) is 13.1 Å². The number of aliphatic carboxylic acids is 1. The number of nitrogens with zero attached hydrogens (tertiary/aromatic N) is 1. The number of carboxylic acid groups (broad SMARTS) is 1. The van der Waals surface area contributed by atoms with Crippen LogP contribution in [-0.2, 0) is 4.79 Å². The summed E-state index contributed by atoms with van der Waals surface area (Å²) in [6.45, 7) is 8.38. The van der Waals surface area contributed by atoms with Crippen molar-refractivity contribution in [2.45, 2.75) is 70.5 Å². The zero-order chi connectivity index (χ0) is 14.0. The maximum Gasteiger partial charge on any atom is 0.323 e. The first-order valence-electron chi connectivity index (χ1n) is 7.66. The fourth-order valence-electron chi connectivity index (χ4n) is 2.98. The highest BCUT2D eigenvalue weighted by Gasteiger charge is 2.39. The molecule has 1 aliphatic carbocycles. The van der Waals surface area contributed by atoms with Crippen molar-refractivity contribution < 1.29 is 9.90 Å². The molecule has 4 heteroatoms. The van der Waals surface area contributed by atoms with E-state index in [4.69, 9.17) is 0 Å². The molecule has 1 aliphatic heterocycles. The molecule has 2 rings (SSSR count). The van der Waals surface area contributed by atoms with Gasteiger partial charge in [-0.25, -0.2) is 0 Å². The Morgan fingerprint density at radius 2 is 2.00 bits per heavy atom. The molecular formula is C15H28N2O2. The molecule has 110 valence electrons. The maximum atomic E-state index is 11.5. The molecule has 1 saturated carbocycles. The van der Waals surface area contributed by atoms with Gasteiger partial charge in [0.05, 0.1) is 0 Å². The first-order valence-corrected chi connectivity index (χ1v) is 7.66. The minimum Gasteiger partial charge on any atom is -0.480 e. The Bertz CT molecular complexity index is 330. The standard InChI is InChI=1S/C15H28N2O2/c1-11-4-5-12(2)17(10-11)9-8-15(3,14(18)19)16-13-6-7-13/h11-13,16H,4-10H2,1-3H3,(H,18,19). The molecule has 1 heterocycles. The monoisotopic (exact) mass is 268 g/mol. The van der Waals surface area contributed by atoms with Crippen LogP contribution >= 0.6 is 0 Å². The molecule has 1 saturated heterocycles. The maximum absolute atomic E-state index is 11.5. The molecule has 0 aromatic rings. The molecule has 0 amide bonds.